The van der Waals surface area contributed by atoms with Gasteiger partial charge < -0.3 is 10.2 Å². The molecule has 3 rings (SSSR count). The summed E-state index contributed by atoms with van der Waals surface area (Å²) in [5.74, 6) is 1.67. The summed E-state index contributed by atoms with van der Waals surface area (Å²) in [6.45, 7) is 9.15. The molecule has 2 aliphatic rings. The monoisotopic (exact) mass is 442 g/mol. The largest absolute Gasteiger partial charge is 0.354 e. The van der Waals surface area contributed by atoms with E-state index in [1.54, 1.807) is 0 Å². The molecule has 134 valence electrons. The lowest BCUT2D eigenvalue weighted by Gasteiger charge is -2.32. The number of benzene rings is 1. The third-order valence-electron chi connectivity index (χ3n) is 5.20. The first-order valence-corrected chi connectivity index (χ1v) is 9.01. The van der Waals surface area contributed by atoms with Gasteiger partial charge >= 0.3 is 0 Å². The zero-order valence-electron chi connectivity index (χ0n) is 15.2. The first-order valence-electron chi connectivity index (χ1n) is 9.01. The van der Waals surface area contributed by atoms with Crippen molar-refractivity contribution in [2.45, 2.75) is 39.2 Å². The van der Waals surface area contributed by atoms with Crippen LogP contribution in [-0.2, 0) is 6.42 Å². The number of hydrogen-bond acceptors (Lipinski definition) is 2. The van der Waals surface area contributed by atoms with Crippen LogP contribution in [0.1, 0.15) is 32.3 Å². The average molecular weight is 442 g/mol. The minimum atomic E-state index is 0. The van der Waals surface area contributed by atoms with Crippen molar-refractivity contribution in [1.82, 2.24) is 10.2 Å². The molecule has 1 aromatic rings. The third-order valence-corrected chi connectivity index (χ3v) is 5.20. The molecule has 0 bridgehead atoms. The van der Waals surface area contributed by atoms with Gasteiger partial charge in [0.1, 0.15) is 0 Å². The van der Waals surface area contributed by atoms with Gasteiger partial charge in [-0.05, 0) is 49.9 Å². The summed E-state index contributed by atoms with van der Waals surface area (Å²) in [6.07, 6.45) is 3.80. The molecular formula is C19H31IN4. The first kappa shape index (κ1) is 19.5. The van der Waals surface area contributed by atoms with Crippen molar-refractivity contribution >= 4 is 35.6 Å². The number of nitrogens with one attached hydrogen (secondary N) is 1. The van der Waals surface area contributed by atoms with Gasteiger partial charge in [-0.2, -0.15) is 0 Å². The lowest BCUT2D eigenvalue weighted by atomic mass is 10.0. The number of rotatable bonds is 4. The van der Waals surface area contributed by atoms with Crippen LogP contribution in [0.25, 0.3) is 0 Å². The van der Waals surface area contributed by atoms with Gasteiger partial charge in [-0.3, -0.25) is 9.89 Å². The van der Waals surface area contributed by atoms with E-state index < -0.39 is 0 Å². The van der Waals surface area contributed by atoms with E-state index in [9.17, 15) is 0 Å². The van der Waals surface area contributed by atoms with E-state index in [0.29, 0.717) is 12.0 Å². The fourth-order valence-corrected chi connectivity index (χ4v) is 3.91. The van der Waals surface area contributed by atoms with Crippen molar-refractivity contribution in [2.24, 2.45) is 10.9 Å². The summed E-state index contributed by atoms with van der Waals surface area (Å²) in [4.78, 5) is 9.51. The van der Waals surface area contributed by atoms with Crippen LogP contribution in [0.15, 0.2) is 29.3 Å². The van der Waals surface area contributed by atoms with Crippen LogP contribution >= 0.6 is 24.0 Å². The van der Waals surface area contributed by atoms with Crippen molar-refractivity contribution in [3.8, 4) is 0 Å². The second-order valence-electron chi connectivity index (χ2n) is 7.01. The van der Waals surface area contributed by atoms with Crippen LogP contribution in [0.5, 0.6) is 0 Å². The molecule has 0 amide bonds. The molecule has 2 heterocycles. The van der Waals surface area contributed by atoms with Crippen LogP contribution in [0.3, 0.4) is 0 Å². The number of halogens is 1. The highest BCUT2D eigenvalue weighted by molar-refractivity contribution is 14.0. The Balaban J connectivity index is 0.00000208. The molecule has 0 radical (unpaired) electrons. The molecule has 1 atom stereocenters. The summed E-state index contributed by atoms with van der Waals surface area (Å²) < 4.78 is 0. The predicted octanol–water partition coefficient (Wildman–Crippen LogP) is 3.36. The van der Waals surface area contributed by atoms with Crippen molar-refractivity contribution in [3.63, 3.8) is 0 Å². The van der Waals surface area contributed by atoms with Gasteiger partial charge in [-0.1, -0.05) is 32.0 Å². The van der Waals surface area contributed by atoms with Crippen LogP contribution in [-0.4, -0.2) is 50.1 Å². The van der Waals surface area contributed by atoms with Crippen LogP contribution in [0, 0.1) is 5.92 Å². The van der Waals surface area contributed by atoms with E-state index in [4.69, 9.17) is 0 Å². The lowest BCUT2D eigenvalue weighted by molar-refractivity contribution is 0.192. The summed E-state index contributed by atoms with van der Waals surface area (Å²) in [7, 11) is 1.89. The molecule has 1 fully saturated rings. The highest BCUT2D eigenvalue weighted by atomic mass is 127. The van der Waals surface area contributed by atoms with Crippen molar-refractivity contribution < 1.29 is 0 Å². The number of fused-ring (bicyclic) bond motifs is 1. The molecule has 4 nitrogen and oxygen atoms in total. The summed E-state index contributed by atoms with van der Waals surface area (Å²) in [5, 5.41) is 3.64. The molecule has 1 saturated heterocycles. The van der Waals surface area contributed by atoms with Gasteiger partial charge in [0.25, 0.3) is 0 Å². The Morgan fingerprint density at radius 2 is 1.88 bits per heavy atom. The van der Waals surface area contributed by atoms with Gasteiger partial charge in [0.2, 0.25) is 0 Å². The zero-order valence-corrected chi connectivity index (χ0v) is 17.5. The van der Waals surface area contributed by atoms with Crippen molar-refractivity contribution in [3.05, 3.63) is 29.8 Å². The maximum Gasteiger partial charge on any atom is 0.198 e. The van der Waals surface area contributed by atoms with E-state index in [2.05, 4.69) is 58.2 Å². The summed E-state index contributed by atoms with van der Waals surface area (Å²) in [5.41, 5.74) is 2.73. The quantitative estimate of drug-likeness (QED) is 0.441. The Labute approximate surface area is 163 Å². The number of para-hydroxylation sites is 1. The van der Waals surface area contributed by atoms with Crippen LogP contribution in [0.2, 0.25) is 0 Å². The van der Waals surface area contributed by atoms with Crippen molar-refractivity contribution in [2.75, 3.05) is 38.1 Å². The molecule has 24 heavy (non-hydrogen) atoms. The molecule has 1 aromatic carbocycles. The number of anilines is 1. The molecule has 0 saturated carbocycles. The lowest BCUT2D eigenvalue weighted by Crippen LogP contribution is -2.49. The maximum atomic E-state index is 4.54. The SMILES string of the molecule is CN=C(NCC(C(C)C)N1CCCC1)N1CCc2ccccc21.I. The van der Waals surface area contributed by atoms with Gasteiger partial charge in [-0.15, -0.1) is 24.0 Å². The van der Waals surface area contributed by atoms with Gasteiger partial charge in [-0.25, -0.2) is 0 Å². The number of aliphatic imine (C=N–C) groups is 1. The summed E-state index contributed by atoms with van der Waals surface area (Å²) >= 11 is 0. The average Bonchev–Trinajstić information content (AvgIpc) is 3.21. The van der Waals surface area contributed by atoms with Gasteiger partial charge in [0.15, 0.2) is 5.96 Å². The topological polar surface area (TPSA) is 30.9 Å². The molecule has 2 aliphatic heterocycles. The van der Waals surface area contributed by atoms with E-state index in [-0.39, 0.29) is 24.0 Å². The van der Waals surface area contributed by atoms with Crippen LogP contribution in [0.4, 0.5) is 5.69 Å². The normalized spacial score (nSPS) is 19.3. The van der Waals surface area contributed by atoms with E-state index in [1.165, 1.54) is 37.2 Å². The smallest absolute Gasteiger partial charge is 0.198 e. The Morgan fingerprint density at radius 1 is 1.17 bits per heavy atom. The molecule has 0 spiro atoms. The van der Waals surface area contributed by atoms with Crippen molar-refractivity contribution in [1.29, 1.82) is 0 Å². The fraction of sp³-hybridized carbons (Fsp3) is 0.632. The highest BCUT2D eigenvalue weighted by Gasteiger charge is 2.27. The first-order chi connectivity index (χ1) is 11.2. The molecule has 1 unspecified atom stereocenters. The molecule has 1 N–H and O–H groups in total. The minimum absolute atomic E-state index is 0. The Hall–Kier alpha value is -0.820. The molecular weight excluding hydrogens is 411 g/mol. The number of hydrogen-bond donors (Lipinski definition) is 1. The van der Waals surface area contributed by atoms with Gasteiger partial charge in [0, 0.05) is 31.9 Å². The Morgan fingerprint density at radius 3 is 2.54 bits per heavy atom. The van der Waals surface area contributed by atoms with E-state index >= 15 is 0 Å². The second kappa shape index (κ2) is 9.04. The Kier molecular flexibility index (Phi) is 7.34. The number of guanidine groups is 1. The van der Waals surface area contributed by atoms with E-state index in [0.717, 1.165) is 25.5 Å². The van der Waals surface area contributed by atoms with E-state index in [1.807, 2.05) is 7.05 Å². The predicted molar refractivity (Wildman–Crippen MR) is 114 cm³/mol. The standard InChI is InChI=1S/C19H30N4.HI/c1-15(2)18(22-11-6-7-12-22)14-21-19(20-3)23-13-10-16-8-4-5-9-17(16)23;/h4-5,8-9,15,18H,6-7,10-14H2,1-3H3,(H,20,21);1H. The molecule has 0 aliphatic carbocycles. The maximum absolute atomic E-state index is 4.54. The number of likely N-dealkylation sites (tertiary alicyclic amines) is 1. The molecule has 5 heteroatoms. The second-order valence-corrected chi connectivity index (χ2v) is 7.01. The Bertz CT molecular complexity index is 552. The fourth-order valence-electron chi connectivity index (χ4n) is 3.91. The summed E-state index contributed by atoms with van der Waals surface area (Å²) in [6, 6.07) is 9.26. The minimum Gasteiger partial charge on any atom is -0.354 e. The zero-order chi connectivity index (χ0) is 16.2. The van der Waals surface area contributed by atoms with Gasteiger partial charge in [0.05, 0.1) is 0 Å². The number of nitrogens with zero attached hydrogens (tertiary/aromatic N) is 3. The molecule has 0 aromatic heterocycles. The third kappa shape index (κ3) is 4.23. The highest BCUT2D eigenvalue weighted by Crippen LogP contribution is 2.27. The van der Waals surface area contributed by atoms with Crippen LogP contribution < -0.4 is 10.2 Å².